The highest BCUT2D eigenvalue weighted by Gasteiger charge is 2.35. The fourth-order valence-corrected chi connectivity index (χ4v) is 2.48. The van der Waals surface area contributed by atoms with Gasteiger partial charge in [-0.1, -0.05) is 13.8 Å². The Bertz CT molecular complexity index is 443. The average molecular weight is 308 g/mol. The highest BCUT2D eigenvalue weighted by molar-refractivity contribution is 7.89. The van der Waals surface area contributed by atoms with E-state index in [1.165, 1.54) is 14.0 Å². The molecule has 0 aromatic carbocycles. The third-order valence-corrected chi connectivity index (χ3v) is 5.45. The number of aliphatic carboxylic acids is 1. The van der Waals surface area contributed by atoms with Crippen LogP contribution >= 0.6 is 0 Å². The molecule has 0 bridgehead atoms. The van der Waals surface area contributed by atoms with Crippen LogP contribution in [-0.2, 0) is 19.6 Å². The number of amides is 1. The molecule has 0 radical (unpaired) electrons. The van der Waals surface area contributed by atoms with Gasteiger partial charge in [0.2, 0.25) is 15.9 Å². The van der Waals surface area contributed by atoms with E-state index in [4.69, 9.17) is 0 Å². The Balaban J connectivity index is 4.60. The lowest BCUT2D eigenvalue weighted by atomic mass is 9.82. The van der Waals surface area contributed by atoms with Crippen molar-refractivity contribution in [3.05, 3.63) is 0 Å². The van der Waals surface area contributed by atoms with Gasteiger partial charge in [-0.25, -0.2) is 8.42 Å². The number of rotatable bonds is 9. The molecule has 20 heavy (non-hydrogen) atoms. The summed E-state index contributed by atoms with van der Waals surface area (Å²) in [5, 5.41) is 11.7. The highest BCUT2D eigenvalue weighted by Crippen LogP contribution is 2.25. The SMILES string of the molecule is CCC(CC)(CNC(=O)CN(C)S(=O)(=O)CC)C(=O)O. The van der Waals surface area contributed by atoms with Crippen LogP contribution in [0.2, 0.25) is 0 Å². The summed E-state index contributed by atoms with van der Waals surface area (Å²) in [5.74, 6) is -1.55. The number of carbonyl (C=O) groups excluding carboxylic acids is 1. The van der Waals surface area contributed by atoms with Crippen LogP contribution in [0.1, 0.15) is 33.6 Å². The van der Waals surface area contributed by atoms with Crippen LogP contribution in [0.25, 0.3) is 0 Å². The summed E-state index contributed by atoms with van der Waals surface area (Å²) in [6.45, 7) is 4.68. The van der Waals surface area contributed by atoms with Crippen molar-refractivity contribution in [1.82, 2.24) is 9.62 Å². The minimum atomic E-state index is -3.42. The number of likely N-dealkylation sites (N-methyl/N-ethyl adjacent to an activating group) is 1. The Morgan fingerprint density at radius 2 is 1.70 bits per heavy atom. The van der Waals surface area contributed by atoms with E-state index in [1.807, 2.05) is 0 Å². The van der Waals surface area contributed by atoms with Crippen molar-refractivity contribution < 1.29 is 23.1 Å². The van der Waals surface area contributed by atoms with E-state index < -0.39 is 27.3 Å². The first-order valence-electron chi connectivity index (χ1n) is 6.59. The normalized spacial score (nSPS) is 12.4. The molecule has 7 nitrogen and oxygen atoms in total. The van der Waals surface area contributed by atoms with Crippen LogP contribution < -0.4 is 5.32 Å². The van der Waals surface area contributed by atoms with Gasteiger partial charge in [0, 0.05) is 13.6 Å². The Labute approximate surface area is 120 Å². The third kappa shape index (κ3) is 4.75. The first-order chi connectivity index (χ1) is 9.15. The minimum Gasteiger partial charge on any atom is -0.481 e. The second-order valence-electron chi connectivity index (χ2n) is 4.73. The molecule has 2 N–H and O–H groups in total. The fourth-order valence-electron chi connectivity index (χ4n) is 1.72. The molecule has 0 aromatic rings. The lowest BCUT2D eigenvalue weighted by Crippen LogP contribution is -2.46. The molecular formula is C12H24N2O5S. The summed E-state index contributed by atoms with van der Waals surface area (Å²) in [4.78, 5) is 23.0. The molecule has 0 aliphatic rings. The zero-order chi connectivity index (χ0) is 16.0. The third-order valence-electron chi connectivity index (χ3n) is 3.64. The number of carboxylic acids is 1. The largest absolute Gasteiger partial charge is 0.481 e. The van der Waals surface area contributed by atoms with Gasteiger partial charge in [-0.15, -0.1) is 0 Å². The molecule has 118 valence electrons. The van der Waals surface area contributed by atoms with Crippen LogP contribution in [0, 0.1) is 5.41 Å². The van der Waals surface area contributed by atoms with Gasteiger partial charge in [-0.2, -0.15) is 4.31 Å². The quantitative estimate of drug-likeness (QED) is 0.636. The predicted molar refractivity (Wildman–Crippen MR) is 75.8 cm³/mol. The summed E-state index contributed by atoms with van der Waals surface area (Å²) < 4.78 is 24.0. The van der Waals surface area contributed by atoms with Crippen molar-refractivity contribution >= 4 is 21.9 Å². The molecule has 0 heterocycles. The maximum absolute atomic E-state index is 11.7. The zero-order valence-corrected chi connectivity index (χ0v) is 13.3. The number of carbonyl (C=O) groups is 2. The van der Waals surface area contributed by atoms with Gasteiger partial charge in [0.1, 0.15) is 0 Å². The predicted octanol–water partition coefficient (Wildman–Crippen LogP) is 0.275. The van der Waals surface area contributed by atoms with Crippen LogP contribution in [0.3, 0.4) is 0 Å². The first-order valence-corrected chi connectivity index (χ1v) is 8.20. The minimum absolute atomic E-state index is 0.00577. The maximum Gasteiger partial charge on any atom is 0.311 e. The van der Waals surface area contributed by atoms with E-state index >= 15 is 0 Å². The van der Waals surface area contributed by atoms with E-state index in [9.17, 15) is 23.1 Å². The first kappa shape index (κ1) is 18.9. The zero-order valence-electron chi connectivity index (χ0n) is 12.5. The lowest BCUT2D eigenvalue weighted by Gasteiger charge is -2.27. The smallest absolute Gasteiger partial charge is 0.311 e. The standard InChI is InChI=1S/C12H24N2O5S/c1-5-12(6-2,11(16)17)9-13-10(15)8-14(4)20(18,19)7-3/h5-9H2,1-4H3,(H,13,15)(H,16,17). The van der Waals surface area contributed by atoms with Gasteiger partial charge in [-0.3, -0.25) is 9.59 Å². The monoisotopic (exact) mass is 308 g/mol. The summed E-state index contributed by atoms with van der Waals surface area (Å²) in [5.41, 5.74) is -1.00. The van der Waals surface area contributed by atoms with Crippen molar-refractivity contribution in [3.8, 4) is 0 Å². The van der Waals surface area contributed by atoms with E-state index in [2.05, 4.69) is 5.32 Å². The molecule has 0 atom stereocenters. The molecule has 0 saturated heterocycles. The molecule has 8 heteroatoms. The van der Waals surface area contributed by atoms with Gasteiger partial charge in [-0.05, 0) is 19.8 Å². The van der Waals surface area contributed by atoms with Crippen molar-refractivity contribution in [1.29, 1.82) is 0 Å². The molecule has 0 fully saturated rings. The number of hydrogen-bond acceptors (Lipinski definition) is 4. The Morgan fingerprint density at radius 3 is 2.05 bits per heavy atom. The molecule has 0 saturated carbocycles. The van der Waals surface area contributed by atoms with Gasteiger partial charge in [0.25, 0.3) is 0 Å². The molecule has 0 rings (SSSR count). The topological polar surface area (TPSA) is 104 Å². The van der Waals surface area contributed by atoms with E-state index in [1.54, 1.807) is 13.8 Å². The summed E-state index contributed by atoms with van der Waals surface area (Å²) in [6, 6.07) is 0. The van der Waals surface area contributed by atoms with E-state index in [0.717, 1.165) is 4.31 Å². The van der Waals surface area contributed by atoms with Gasteiger partial charge >= 0.3 is 5.97 Å². The van der Waals surface area contributed by atoms with Crippen molar-refractivity contribution in [3.63, 3.8) is 0 Å². The summed E-state index contributed by atoms with van der Waals surface area (Å²) in [6.07, 6.45) is 0.782. The number of hydrogen-bond donors (Lipinski definition) is 2. The molecular weight excluding hydrogens is 284 g/mol. The Hall–Kier alpha value is -1.15. The number of nitrogens with one attached hydrogen (secondary N) is 1. The van der Waals surface area contributed by atoms with E-state index in [0.29, 0.717) is 12.8 Å². The second-order valence-corrected chi connectivity index (χ2v) is 7.09. The number of sulfonamides is 1. The van der Waals surface area contributed by atoms with Crippen LogP contribution in [0.15, 0.2) is 0 Å². The van der Waals surface area contributed by atoms with Crippen molar-refractivity contribution in [2.45, 2.75) is 33.6 Å². The van der Waals surface area contributed by atoms with Gasteiger partial charge in [0.15, 0.2) is 0 Å². The molecule has 0 aliphatic carbocycles. The highest BCUT2D eigenvalue weighted by atomic mass is 32.2. The van der Waals surface area contributed by atoms with Crippen LogP contribution in [0.4, 0.5) is 0 Å². The van der Waals surface area contributed by atoms with Crippen molar-refractivity contribution in [2.75, 3.05) is 25.9 Å². The molecule has 0 unspecified atom stereocenters. The van der Waals surface area contributed by atoms with Crippen molar-refractivity contribution in [2.24, 2.45) is 5.41 Å². The lowest BCUT2D eigenvalue weighted by molar-refractivity contribution is -0.149. The molecule has 0 aliphatic heterocycles. The number of carboxylic acid groups (broad SMARTS) is 1. The molecule has 0 aromatic heterocycles. The summed E-state index contributed by atoms with van der Waals surface area (Å²) in [7, 11) is -2.10. The average Bonchev–Trinajstić information content (AvgIpc) is 2.39. The molecule has 1 amide bonds. The summed E-state index contributed by atoms with van der Waals surface area (Å²) >= 11 is 0. The van der Waals surface area contributed by atoms with Gasteiger partial charge < -0.3 is 10.4 Å². The van der Waals surface area contributed by atoms with Crippen LogP contribution in [0.5, 0.6) is 0 Å². The fraction of sp³-hybridized carbons (Fsp3) is 0.833. The number of nitrogens with zero attached hydrogens (tertiary/aromatic N) is 1. The Kier molecular flexibility index (Phi) is 7.15. The van der Waals surface area contributed by atoms with E-state index in [-0.39, 0.29) is 18.8 Å². The second kappa shape index (κ2) is 7.58. The maximum atomic E-state index is 11.7. The molecule has 0 spiro atoms. The van der Waals surface area contributed by atoms with Crippen LogP contribution in [-0.4, -0.2) is 55.6 Å². The van der Waals surface area contributed by atoms with Gasteiger partial charge in [0.05, 0.1) is 17.7 Å². The Morgan fingerprint density at radius 1 is 1.20 bits per heavy atom.